The van der Waals surface area contributed by atoms with Crippen molar-refractivity contribution in [1.29, 1.82) is 0 Å². The Morgan fingerprint density at radius 1 is 1.24 bits per heavy atom. The Labute approximate surface area is 140 Å². The van der Waals surface area contributed by atoms with E-state index in [1.165, 1.54) is 0 Å². The quantitative estimate of drug-likeness (QED) is 0.840. The first kappa shape index (κ1) is 22.3. The van der Waals surface area contributed by atoms with Crippen molar-refractivity contribution >= 4 is 36.4 Å². The van der Waals surface area contributed by atoms with Crippen LogP contribution in [0.4, 0.5) is 5.69 Å². The number of carbonyl (C=O) groups excluding carboxylic acids is 1. The Bertz CT molecular complexity index is 421. The van der Waals surface area contributed by atoms with Crippen LogP contribution < -0.4 is 16.0 Å². The number of benzene rings is 1. The zero-order valence-corrected chi connectivity index (χ0v) is 14.8. The van der Waals surface area contributed by atoms with Gasteiger partial charge in [0.25, 0.3) is 5.91 Å². The molecule has 6 heteroatoms. The molecule has 0 unspecified atom stereocenters. The maximum absolute atomic E-state index is 12.0. The lowest BCUT2D eigenvalue weighted by molar-refractivity contribution is 0.0916. The molecule has 0 atom stereocenters. The van der Waals surface area contributed by atoms with Crippen molar-refractivity contribution in [3.05, 3.63) is 29.8 Å². The van der Waals surface area contributed by atoms with E-state index in [1.54, 1.807) is 0 Å². The summed E-state index contributed by atoms with van der Waals surface area (Å²) in [6.07, 6.45) is 1.10. The van der Waals surface area contributed by atoms with Crippen LogP contribution in [0, 0.1) is 0 Å². The second-order valence-electron chi connectivity index (χ2n) is 5.51. The van der Waals surface area contributed by atoms with Crippen molar-refractivity contribution in [1.82, 2.24) is 5.32 Å². The topological polar surface area (TPSA) is 58.4 Å². The number of halogens is 2. The van der Waals surface area contributed by atoms with E-state index in [0.29, 0.717) is 12.1 Å². The van der Waals surface area contributed by atoms with Gasteiger partial charge in [0.15, 0.2) is 0 Å². The number of hydrogen-bond acceptors (Lipinski definition) is 3. The summed E-state index contributed by atoms with van der Waals surface area (Å²) in [5.74, 6) is -0.0832. The lowest BCUT2D eigenvalue weighted by Crippen LogP contribution is -2.48. The summed E-state index contributed by atoms with van der Waals surface area (Å²) in [4.78, 5) is 14.2. The van der Waals surface area contributed by atoms with E-state index in [4.69, 9.17) is 5.73 Å². The number of hydrogen-bond donors (Lipinski definition) is 2. The molecule has 0 bridgehead atoms. The maximum atomic E-state index is 12.0. The normalized spacial score (nSPS) is 10.1. The van der Waals surface area contributed by atoms with Gasteiger partial charge in [-0.2, -0.15) is 0 Å². The van der Waals surface area contributed by atoms with Gasteiger partial charge >= 0.3 is 0 Å². The van der Waals surface area contributed by atoms with Gasteiger partial charge in [0, 0.05) is 36.9 Å². The molecule has 0 fully saturated rings. The van der Waals surface area contributed by atoms with Crippen molar-refractivity contribution in [2.75, 3.05) is 25.0 Å². The summed E-state index contributed by atoms with van der Waals surface area (Å²) in [6, 6.07) is 7.65. The van der Waals surface area contributed by atoms with Gasteiger partial charge < -0.3 is 16.0 Å². The third-order valence-corrected chi connectivity index (χ3v) is 3.09. The number of rotatable bonds is 6. The fraction of sp³-hybridized carbons (Fsp3) is 0.533. The minimum absolute atomic E-state index is 0. The molecule has 0 heterocycles. The molecule has 0 saturated heterocycles. The Morgan fingerprint density at radius 3 is 2.19 bits per heavy atom. The largest absolute Gasteiger partial charge is 0.375 e. The van der Waals surface area contributed by atoms with E-state index < -0.39 is 0 Å². The minimum Gasteiger partial charge on any atom is -0.375 e. The van der Waals surface area contributed by atoms with Gasteiger partial charge in [-0.05, 0) is 44.5 Å². The summed E-state index contributed by atoms with van der Waals surface area (Å²) in [5.41, 5.74) is 7.01. The summed E-state index contributed by atoms with van der Waals surface area (Å²) >= 11 is 0. The third kappa shape index (κ3) is 7.02. The van der Waals surface area contributed by atoms with Gasteiger partial charge in [-0.15, -0.1) is 24.8 Å². The number of nitrogens with two attached hydrogens (primary N) is 1. The highest BCUT2D eigenvalue weighted by Gasteiger charge is 2.19. The monoisotopic (exact) mass is 335 g/mol. The van der Waals surface area contributed by atoms with Crippen molar-refractivity contribution in [3.63, 3.8) is 0 Å². The highest BCUT2D eigenvalue weighted by molar-refractivity contribution is 5.95. The van der Waals surface area contributed by atoms with Crippen LogP contribution in [0.5, 0.6) is 0 Å². The van der Waals surface area contributed by atoms with E-state index >= 15 is 0 Å². The number of nitrogens with zero attached hydrogens (tertiary/aromatic N) is 1. The summed E-state index contributed by atoms with van der Waals surface area (Å²) in [7, 11) is 2.05. The number of anilines is 1. The molecule has 0 spiro atoms. The van der Waals surface area contributed by atoms with Crippen LogP contribution in [0.3, 0.4) is 0 Å². The van der Waals surface area contributed by atoms with Gasteiger partial charge in [-0.1, -0.05) is 6.92 Å². The lowest BCUT2D eigenvalue weighted by atomic mass is 10.1. The first-order valence-corrected chi connectivity index (χ1v) is 6.73. The van der Waals surface area contributed by atoms with E-state index in [-0.39, 0.29) is 36.3 Å². The first-order chi connectivity index (χ1) is 8.89. The molecule has 3 N–H and O–H groups in total. The molecule has 4 nitrogen and oxygen atoms in total. The maximum Gasteiger partial charge on any atom is 0.251 e. The number of amides is 1. The molecule has 122 valence electrons. The van der Waals surface area contributed by atoms with Crippen LogP contribution in [-0.4, -0.2) is 31.6 Å². The fourth-order valence-electron chi connectivity index (χ4n) is 1.76. The van der Waals surface area contributed by atoms with E-state index in [1.807, 2.05) is 38.1 Å². The SMILES string of the molecule is CCCN(C)c1ccc(C(=O)NC(C)(C)CN)cc1.Cl.Cl. The predicted octanol–water partition coefficient (Wildman–Crippen LogP) is 2.84. The van der Waals surface area contributed by atoms with Crippen LogP contribution in [0.25, 0.3) is 0 Å². The molecule has 0 aliphatic rings. The molecule has 0 aromatic heterocycles. The molecule has 0 saturated carbocycles. The second kappa shape index (κ2) is 9.87. The molecule has 1 aromatic carbocycles. The zero-order valence-electron chi connectivity index (χ0n) is 13.2. The Morgan fingerprint density at radius 2 is 1.76 bits per heavy atom. The van der Waals surface area contributed by atoms with Gasteiger partial charge in [0.1, 0.15) is 0 Å². The molecular weight excluding hydrogens is 309 g/mol. The summed E-state index contributed by atoms with van der Waals surface area (Å²) in [6.45, 7) is 7.39. The van der Waals surface area contributed by atoms with Crippen LogP contribution in [0.2, 0.25) is 0 Å². The molecule has 0 aliphatic heterocycles. The van der Waals surface area contributed by atoms with Gasteiger partial charge in [-0.25, -0.2) is 0 Å². The molecular formula is C15H27Cl2N3O. The van der Waals surface area contributed by atoms with Gasteiger partial charge in [-0.3, -0.25) is 4.79 Å². The average Bonchev–Trinajstić information content (AvgIpc) is 2.38. The van der Waals surface area contributed by atoms with Gasteiger partial charge in [0.2, 0.25) is 0 Å². The Kier molecular flexibility index (Phi) is 10.5. The Balaban J connectivity index is 0. The number of nitrogens with one attached hydrogen (secondary N) is 1. The second-order valence-corrected chi connectivity index (χ2v) is 5.51. The molecule has 1 rings (SSSR count). The van der Waals surface area contributed by atoms with E-state index in [2.05, 4.69) is 24.2 Å². The van der Waals surface area contributed by atoms with Crippen LogP contribution in [0.15, 0.2) is 24.3 Å². The smallest absolute Gasteiger partial charge is 0.251 e. The van der Waals surface area contributed by atoms with Crippen molar-refractivity contribution in [2.24, 2.45) is 5.73 Å². The molecule has 0 aliphatic carbocycles. The van der Waals surface area contributed by atoms with Crippen LogP contribution in [0.1, 0.15) is 37.6 Å². The average molecular weight is 336 g/mol. The van der Waals surface area contributed by atoms with Crippen molar-refractivity contribution in [3.8, 4) is 0 Å². The molecule has 1 aromatic rings. The van der Waals surface area contributed by atoms with Crippen molar-refractivity contribution < 1.29 is 4.79 Å². The lowest BCUT2D eigenvalue weighted by Gasteiger charge is -2.24. The summed E-state index contributed by atoms with van der Waals surface area (Å²) in [5, 5.41) is 2.92. The molecule has 0 radical (unpaired) electrons. The van der Waals surface area contributed by atoms with E-state index in [0.717, 1.165) is 18.7 Å². The zero-order chi connectivity index (χ0) is 14.5. The highest BCUT2D eigenvalue weighted by Crippen LogP contribution is 2.14. The standard InChI is InChI=1S/C15H25N3O.2ClH/c1-5-10-18(4)13-8-6-12(7-9-13)14(19)17-15(2,3)11-16;;/h6-9H,5,10-11,16H2,1-4H3,(H,17,19);2*1H. The first-order valence-electron chi connectivity index (χ1n) is 6.73. The fourth-order valence-corrected chi connectivity index (χ4v) is 1.76. The third-order valence-electron chi connectivity index (χ3n) is 3.09. The van der Waals surface area contributed by atoms with Crippen molar-refractivity contribution in [2.45, 2.75) is 32.7 Å². The minimum atomic E-state index is -0.380. The summed E-state index contributed by atoms with van der Waals surface area (Å²) < 4.78 is 0. The highest BCUT2D eigenvalue weighted by atomic mass is 35.5. The van der Waals surface area contributed by atoms with Crippen LogP contribution >= 0.6 is 24.8 Å². The van der Waals surface area contributed by atoms with E-state index in [9.17, 15) is 4.79 Å². The van der Waals surface area contributed by atoms with Crippen LogP contribution in [-0.2, 0) is 0 Å². The van der Waals surface area contributed by atoms with Gasteiger partial charge in [0.05, 0.1) is 0 Å². The Hall–Kier alpha value is -0.970. The molecule has 1 amide bonds. The predicted molar refractivity (Wildman–Crippen MR) is 95.1 cm³/mol. The molecule has 21 heavy (non-hydrogen) atoms. The number of carbonyl (C=O) groups is 1.